The van der Waals surface area contributed by atoms with E-state index in [1.54, 1.807) is 0 Å². The minimum Gasteiger partial charge on any atom is -0.314 e. The van der Waals surface area contributed by atoms with Crippen LogP contribution < -0.4 is 5.32 Å². The third-order valence-corrected chi connectivity index (χ3v) is 3.14. The van der Waals surface area contributed by atoms with Gasteiger partial charge in [0.1, 0.15) is 0 Å². The Morgan fingerprint density at radius 2 is 1.82 bits per heavy atom. The van der Waals surface area contributed by atoms with Gasteiger partial charge in [-0.05, 0) is 6.92 Å². The molecule has 1 fully saturated rings. The Labute approximate surface area is 109 Å². The van der Waals surface area contributed by atoms with Crippen molar-refractivity contribution in [2.24, 2.45) is 0 Å². The normalized spacial score (nSPS) is 18.2. The van der Waals surface area contributed by atoms with E-state index >= 15 is 0 Å². The smallest absolute Gasteiger partial charge is 0.179 e. The summed E-state index contributed by atoms with van der Waals surface area (Å²) in [5.41, 5.74) is 0.813. The lowest BCUT2D eigenvalue weighted by molar-refractivity contribution is 0.0820. The zero-order valence-electron chi connectivity index (χ0n) is 10.1. The maximum atomic E-state index is 12.2. The van der Waals surface area contributed by atoms with Gasteiger partial charge in [-0.3, -0.25) is 9.69 Å². The van der Waals surface area contributed by atoms with Crippen LogP contribution in [0.3, 0.4) is 0 Å². The van der Waals surface area contributed by atoms with E-state index in [2.05, 4.69) is 10.2 Å². The lowest BCUT2D eigenvalue weighted by Crippen LogP contribution is -2.50. The molecule has 0 radical (unpaired) electrons. The fourth-order valence-corrected chi connectivity index (χ4v) is 2.08. The van der Waals surface area contributed by atoms with E-state index in [4.69, 9.17) is 0 Å². The first kappa shape index (κ1) is 14.2. The molecule has 1 aliphatic heterocycles. The van der Waals surface area contributed by atoms with Crippen LogP contribution in [0, 0.1) is 0 Å². The van der Waals surface area contributed by atoms with Gasteiger partial charge in [0.25, 0.3) is 0 Å². The van der Waals surface area contributed by atoms with Crippen LogP contribution in [0.2, 0.25) is 0 Å². The Kier molecular flexibility index (Phi) is 5.62. The summed E-state index contributed by atoms with van der Waals surface area (Å²) < 4.78 is 0. The average molecular weight is 255 g/mol. The molecule has 1 aromatic carbocycles. The lowest BCUT2D eigenvalue weighted by Gasteiger charge is -2.31. The highest BCUT2D eigenvalue weighted by atomic mass is 35.5. The number of carbonyl (C=O) groups is 1. The van der Waals surface area contributed by atoms with Gasteiger partial charge < -0.3 is 5.32 Å². The summed E-state index contributed by atoms with van der Waals surface area (Å²) in [4.78, 5) is 14.4. The third kappa shape index (κ3) is 3.53. The predicted octanol–water partition coefficient (Wildman–Crippen LogP) is 1.58. The second kappa shape index (κ2) is 6.74. The zero-order chi connectivity index (χ0) is 11.4. The molecule has 1 aliphatic rings. The molecule has 0 bridgehead atoms. The lowest BCUT2D eigenvalue weighted by atomic mass is 10.0. The Morgan fingerprint density at radius 1 is 1.24 bits per heavy atom. The van der Waals surface area contributed by atoms with Crippen molar-refractivity contribution in [3.8, 4) is 0 Å². The molecular formula is C13H19ClN2O. The summed E-state index contributed by atoms with van der Waals surface area (Å²) in [5.74, 6) is 0.225. The highest BCUT2D eigenvalue weighted by Crippen LogP contribution is 2.09. The topological polar surface area (TPSA) is 32.3 Å². The fraction of sp³-hybridized carbons (Fsp3) is 0.462. The van der Waals surface area contributed by atoms with Gasteiger partial charge in [-0.15, -0.1) is 12.4 Å². The van der Waals surface area contributed by atoms with Crippen molar-refractivity contribution < 1.29 is 4.79 Å². The zero-order valence-corrected chi connectivity index (χ0v) is 10.9. The van der Waals surface area contributed by atoms with Crippen molar-refractivity contribution >= 4 is 18.2 Å². The predicted molar refractivity (Wildman–Crippen MR) is 71.9 cm³/mol. The van der Waals surface area contributed by atoms with Crippen molar-refractivity contribution in [2.75, 3.05) is 26.2 Å². The molecule has 0 aromatic heterocycles. The second-order valence-corrected chi connectivity index (χ2v) is 4.19. The Hall–Kier alpha value is -0.900. The Balaban J connectivity index is 0.00000144. The van der Waals surface area contributed by atoms with Gasteiger partial charge in [0, 0.05) is 31.7 Å². The maximum Gasteiger partial charge on any atom is 0.179 e. The van der Waals surface area contributed by atoms with Crippen molar-refractivity contribution in [3.05, 3.63) is 35.9 Å². The number of ketones is 1. The Morgan fingerprint density at radius 3 is 2.41 bits per heavy atom. The molecule has 4 heteroatoms. The monoisotopic (exact) mass is 254 g/mol. The van der Waals surface area contributed by atoms with E-state index in [1.165, 1.54) is 0 Å². The van der Waals surface area contributed by atoms with Crippen molar-refractivity contribution in [1.82, 2.24) is 10.2 Å². The first-order chi connectivity index (χ1) is 7.79. The first-order valence-corrected chi connectivity index (χ1v) is 5.83. The van der Waals surface area contributed by atoms with E-state index in [1.807, 2.05) is 37.3 Å². The van der Waals surface area contributed by atoms with Crippen LogP contribution in [-0.4, -0.2) is 42.9 Å². The van der Waals surface area contributed by atoms with Crippen molar-refractivity contribution in [1.29, 1.82) is 0 Å². The highest BCUT2D eigenvalue weighted by Gasteiger charge is 2.23. The number of nitrogens with zero attached hydrogens (tertiary/aromatic N) is 1. The second-order valence-electron chi connectivity index (χ2n) is 4.19. The molecule has 1 aromatic rings. The molecular weight excluding hydrogens is 236 g/mol. The van der Waals surface area contributed by atoms with Crippen LogP contribution in [0.5, 0.6) is 0 Å². The van der Waals surface area contributed by atoms with Gasteiger partial charge >= 0.3 is 0 Å². The number of hydrogen-bond donors (Lipinski definition) is 1. The molecule has 3 nitrogen and oxygen atoms in total. The molecule has 94 valence electrons. The van der Waals surface area contributed by atoms with Crippen LogP contribution in [0.4, 0.5) is 0 Å². The molecule has 1 saturated heterocycles. The van der Waals surface area contributed by atoms with Gasteiger partial charge in [0.15, 0.2) is 5.78 Å². The molecule has 2 rings (SSSR count). The molecule has 1 atom stereocenters. The van der Waals surface area contributed by atoms with E-state index in [-0.39, 0.29) is 24.2 Å². The van der Waals surface area contributed by atoms with Gasteiger partial charge in [0.2, 0.25) is 0 Å². The molecule has 1 unspecified atom stereocenters. The maximum absolute atomic E-state index is 12.2. The number of carbonyl (C=O) groups excluding carboxylic acids is 1. The van der Waals surface area contributed by atoms with Crippen LogP contribution in [0.15, 0.2) is 30.3 Å². The van der Waals surface area contributed by atoms with Crippen LogP contribution >= 0.6 is 12.4 Å². The van der Waals surface area contributed by atoms with Gasteiger partial charge in [-0.25, -0.2) is 0 Å². The highest BCUT2D eigenvalue weighted by molar-refractivity contribution is 5.99. The number of halogens is 1. The van der Waals surface area contributed by atoms with E-state index in [0.29, 0.717) is 0 Å². The summed E-state index contributed by atoms with van der Waals surface area (Å²) >= 11 is 0. The van der Waals surface area contributed by atoms with Gasteiger partial charge in [-0.1, -0.05) is 30.3 Å². The van der Waals surface area contributed by atoms with Crippen molar-refractivity contribution in [3.63, 3.8) is 0 Å². The number of hydrogen-bond acceptors (Lipinski definition) is 3. The fourth-order valence-electron chi connectivity index (χ4n) is 2.08. The number of rotatable bonds is 3. The van der Waals surface area contributed by atoms with Gasteiger partial charge in [-0.2, -0.15) is 0 Å². The average Bonchev–Trinajstić information content (AvgIpc) is 2.39. The summed E-state index contributed by atoms with van der Waals surface area (Å²) in [6.07, 6.45) is 0. The molecule has 1 N–H and O–H groups in total. The van der Waals surface area contributed by atoms with E-state index < -0.39 is 0 Å². The molecule has 17 heavy (non-hydrogen) atoms. The molecule has 0 spiro atoms. The molecule has 0 amide bonds. The minimum absolute atomic E-state index is 0. The molecule has 0 aliphatic carbocycles. The summed E-state index contributed by atoms with van der Waals surface area (Å²) in [7, 11) is 0. The number of piperazine rings is 1. The van der Waals surface area contributed by atoms with Crippen molar-refractivity contribution in [2.45, 2.75) is 13.0 Å². The van der Waals surface area contributed by atoms with E-state index in [0.717, 1.165) is 31.7 Å². The van der Waals surface area contributed by atoms with E-state index in [9.17, 15) is 4.79 Å². The van der Waals surface area contributed by atoms with Crippen LogP contribution in [0.25, 0.3) is 0 Å². The minimum atomic E-state index is -0.00972. The quantitative estimate of drug-likeness (QED) is 0.832. The largest absolute Gasteiger partial charge is 0.314 e. The molecule has 0 saturated carbocycles. The summed E-state index contributed by atoms with van der Waals surface area (Å²) in [6, 6.07) is 9.54. The standard InChI is InChI=1S/C13H18N2O.ClH/c1-11(15-9-7-14-8-10-15)13(16)12-5-3-2-4-6-12;/h2-6,11,14H,7-10H2,1H3;1H. The summed E-state index contributed by atoms with van der Waals surface area (Å²) in [5, 5.41) is 3.30. The number of benzene rings is 1. The van der Waals surface area contributed by atoms with Gasteiger partial charge in [0.05, 0.1) is 6.04 Å². The summed E-state index contributed by atoms with van der Waals surface area (Å²) in [6.45, 7) is 5.87. The van der Waals surface area contributed by atoms with Crippen LogP contribution in [-0.2, 0) is 0 Å². The van der Waals surface area contributed by atoms with Crippen LogP contribution in [0.1, 0.15) is 17.3 Å². The Bertz CT molecular complexity index is 350. The first-order valence-electron chi connectivity index (χ1n) is 5.83. The molecule has 1 heterocycles. The third-order valence-electron chi connectivity index (χ3n) is 3.14. The number of Topliss-reactive ketones (excluding diaryl/α,β-unsaturated/α-hetero) is 1. The SMILES string of the molecule is CC(C(=O)c1ccccc1)N1CCNCC1.Cl. The number of nitrogens with one attached hydrogen (secondary N) is 1.